The number of likely N-dealkylation sites (N-methyl/N-ethyl adjacent to an activating group) is 1. The third kappa shape index (κ3) is 4.10. The highest BCUT2D eigenvalue weighted by atomic mass is 28.3. The van der Waals surface area contributed by atoms with Gasteiger partial charge in [-0.25, -0.2) is 0 Å². The molecular weight excluding hydrogens is 248 g/mol. The summed E-state index contributed by atoms with van der Waals surface area (Å²) in [5.74, 6) is -0.995. The van der Waals surface area contributed by atoms with Crippen molar-refractivity contribution in [2.24, 2.45) is 5.92 Å². The summed E-state index contributed by atoms with van der Waals surface area (Å²) in [4.78, 5) is 25.5. The van der Waals surface area contributed by atoms with E-state index in [1.807, 2.05) is 0 Å². The Labute approximate surface area is 111 Å². The summed E-state index contributed by atoms with van der Waals surface area (Å²) in [5.41, 5.74) is -0.909. The van der Waals surface area contributed by atoms with Gasteiger partial charge in [0.15, 0.2) is 0 Å². The molecule has 0 rings (SSSR count). The van der Waals surface area contributed by atoms with E-state index in [1.165, 1.54) is 12.0 Å². The number of carbonyl (C=O) groups excluding carboxylic acids is 2. The quantitative estimate of drug-likeness (QED) is 0.557. The molecule has 0 aromatic rings. The third-order valence-corrected chi connectivity index (χ3v) is 4.17. The molecule has 0 radical (unpaired) electrons. The summed E-state index contributed by atoms with van der Waals surface area (Å²) in [6.07, 6.45) is 0.803. The number of hydrogen-bond acceptors (Lipinski definition) is 4. The minimum Gasteiger partial charge on any atom is -0.469 e. The van der Waals surface area contributed by atoms with Gasteiger partial charge < -0.3 is 15.0 Å². The zero-order valence-corrected chi connectivity index (χ0v) is 13.7. The van der Waals surface area contributed by atoms with Gasteiger partial charge in [0.25, 0.3) is 0 Å². The molecule has 2 atom stereocenters. The lowest BCUT2D eigenvalue weighted by Crippen LogP contribution is -2.61. The van der Waals surface area contributed by atoms with Crippen LogP contribution in [-0.2, 0) is 14.3 Å². The zero-order valence-electron chi connectivity index (χ0n) is 12.5. The maximum atomic E-state index is 12.3. The average Bonchev–Trinajstić information content (AvgIpc) is 2.32. The molecule has 2 unspecified atom stereocenters. The fourth-order valence-corrected chi connectivity index (χ4v) is 2.54. The molecule has 0 saturated heterocycles. The lowest BCUT2D eigenvalue weighted by Gasteiger charge is -2.36. The number of rotatable bonds is 6. The molecule has 0 aromatic heterocycles. The number of hydrogen-bond donors (Lipinski definition) is 1. The van der Waals surface area contributed by atoms with Crippen LogP contribution in [0.3, 0.4) is 0 Å². The highest BCUT2D eigenvalue weighted by molar-refractivity contribution is 6.55. The SMILES string of the molecule is COC(=O)C(C)C(C)(NC[SiH](C)C)C(=O)N(C)C. The first kappa shape index (κ1) is 17.1. The van der Waals surface area contributed by atoms with Gasteiger partial charge in [0.05, 0.1) is 13.0 Å². The molecule has 6 heteroatoms. The van der Waals surface area contributed by atoms with Gasteiger partial charge in [-0.15, -0.1) is 0 Å². The number of amides is 1. The molecule has 0 bridgehead atoms. The number of esters is 1. The van der Waals surface area contributed by atoms with Crippen molar-refractivity contribution in [3.63, 3.8) is 0 Å². The first-order valence-electron chi connectivity index (χ1n) is 6.21. The maximum Gasteiger partial charge on any atom is 0.310 e. The molecule has 0 fully saturated rings. The van der Waals surface area contributed by atoms with Crippen LogP contribution in [0, 0.1) is 5.92 Å². The number of ether oxygens (including phenoxy) is 1. The fourth-order valence-electron chi connectivity index (χ4n) is 1.71. The molecule has 0 aliphatic rings. The summed E-state index contributed by atoms with van der Waals surface area (Å²) in [6, 6.07) is 0. The molecule has 18 heavy (non-hydrogen) atoms. The highest BCUT2D eigenvalue weighted by Gasteiger charge is 2.43. The van der Waals surface area contributed by atoms with Crippen molar-refractivity contribution in [2.45, 2.75) is 32.5 Å². The van der Waals surface area contributed by atoms with Gasteiger partial charge in [0.1, 0.15) is 5.54 Å². The van der Waals surface area contributed by atoms with E-state index in [1.54, 1.807) is 27.9 Å². The van der Waals surface area contributed by atoms with Crippen molar-refractivity contribution >= 4 is 20.7 Å². The van der Waals surface area contributed by atoms with Gasteiger partial charge in [0.2, 0.25) is 5.91 Å². The Morgan fingerprint density at radius 2 is 1.89 bits per heavy atom. The molecular formula is C12H26N2O3Si. The van der Waals surface area contributed by atoms with E-state index < -0.39 is 20.3 Å². The van der Waals surface area contributed by atoms with Gasteiger partial charge >= 0.3 is 5.97 Å². The molecule has 1 amide bonds. The predicted octanol–water partition coefficient (Wildman–Crippen LogP) is 0.258. The van der Waals surface area contributed by atoms with E-state index in [9.17, 15) is 9.59 Å². The summed E-state index contributed by atoms with van der Waals surface area (Å²) in [7, 11) is 3.87. The van der Waals surface area contributed by atoms with Crippen LogP contribution in [0.4, 0.5) is 0 Å². The van der Waals surface area contributed by atoms with Crippen LogP contribution in [0.1, 0.15) is 13.8 Å². The Balaban J connectivity index is 5.13. The third-order valence-electron chi connectivity index (χ3n) is 3.15. The number of nitrogens with zero attached hydrogens (tertiary/aromatic N) is 1. The molecule has 106 valence electrons. The first-order valence-corrected chi connectivity index (χ1v) is 9.34. The van der Waals surface area contributed by atoms with Gasteiger partial charge in [0, 0.05) is 22.9 Å². The monoisotopic (exact) mass is 274 g/mol. The Morgan fingerprint density at radius 1 is 1.39 bits per heavy atom. The molecule has 5 nitrogen and oxygen atoms in total. The standard InChI is InChI=1S/C12H26N2O3Si/c1-9(10(15)17-5)12(2,11(16)14(3)4)13-8-18(6)7/h9,13,18H,8H2,1-7H3. The zero-order chi connectivity index (χ0) is 14.5. The van der Waals surface area contributed by atoms with Crippen molar-refractivity contribution in [3.8, 4) is 0 Å². The fraction of sp³-hybridized carbons (Fsp3) is 0.833. The minimum absolute atomic E-state index is 0.102. The first-order chi connectivity index (χ1) is 8.16. The Bertz CT molecular complexity index is 308. The van der Waals surface area contributed by atoms with Crippen LogP contribution >= 0.6 is 0 Å². The summed E-state index contributed by atoms with van der Waals surface area (Å²) < 4.78 is 4.76. The van der Waals surface area contributed by atoms with E-state index in [4.69, 9.17) is 4.74 Å². The topological polar surface area (TPSA) is 58.6 Å². The van der Waals surface area contributed by atoms with Crippen LogP contribution in [0.5, 0.6) is 0 Å². The second-order valence-corrected chi connectivity index (χ2v) is 8.62. The van der Waals surface area contributed by atoms with Crippen molar-refractivity contribution in [3.05, 3.63) is 0 Å². The van der Waals surface area contributed by atoms with Crippen molar-refractivity contribution in [2.75, 3.05) is 27.4 Å². The van der Waals surface area contributed by atoms with Crippen LogP contribution < -0.4 is 5.32 Å². The maximum absolute atomic E-state index is 12.3. The second-order valence-electron chi connectivity index (χ2n) is 5.42. The van der Waals surface area contributed by atoms with E-state index in [2.05, 4.69) is 18.4 Å². The predicted molar refractivity (Wildman–Crippen MR) is 75.2 cm³/mol. The van der Waals surface area contributed by atoms with Crippen molar-refractivity contribution in [1.82, 2.24) is 10.2 Å². The average molecular weight is 274 g/mol. The van der Waals surface area contributed by atoms with E-state index in [0.29, 0.717) is 0 Å². The van der Waals surface area contributed by atoms with Crippen LogP contribution in [0.15, 0.2) is 0 Å². The second kappa shape index (κ2) is 6.89. The van der Waals surface area contributed by atoms with E-state index in [-0.39, 0.29) is 11.9 Å². The van der Waals surface area contributed by atoms with Gasteiger partial charge in [-0.2, -0.15) is 0 Å². The number of nitrogens with one attached hydrogen (secondary N) is 1. The Kier molecular flexibility index (Phi) is 6.55. The van der Waals surface area contributed by atoms with E-state index in [0.717, 1.165) is 6.17 Å². The van der Waals surface area contributed by atoms with Gasteiger partial charge in [-0.05, 0) is 20.0 Å². The lowest BCUT2D eigenvalue weighted by atomic mass is 9.85. The summed E-state index contributed by atoms with van der Waals surface area (Å²) in [5, 5.41) is 3.26. The molecule has 0 aromatic carbocycles. The molecule has 0 saturated carbocycles. The normalized spacial score (nSPS) is 16.0. The number of methoxy groups -OCH3 is 1. The van der Waals surface area contributed by atoms with Crippen molar-refractivity contribution in [1.29, 1.82) is 0 Å². The molecule has 0 heterocycles. The largest absolute Gasteiger partial charge is 0.469 e. The van der Waals surface area contributed by atoms with E-state index >= 15 is 0 Å². The minimum atomic E-state index is -0.909. The summed E-state index contributed by atoms with van der Waals surface area (Å²) >= 11 is 0. The van der Waals surface area contributed by atoms with Gasteiger partial charge in [-0.3, -0.25) is 9.59 Å². The smallest absolute Gasteiger partial charge is 0.310 e. The van der Waals surface area contributed by atoms with Gasteiger partial charge in [-0.1, -0.05) is 13.1 Å². The number of carbonyl (C=O) groups is 2. The Morgan fingerprint density at radius 3 is 2.22 bits per heavy atom. The molecule has 0 aliphatic heterocycles. The lowest BCUT2D eigenvalue weighted by molar-refractivity contribution is -0.153. The summed E-state index contributed by atoms with van der Waals surface area (Å²) in [6.45, 7) is 7.88. The van der Waals surface area contributed by atoms with Crippen LogP contribution in [0.2, 0.25) is 13.1 Å². The van der Waals surface area contributed by atoms with Crippen molar-refractivity contribution < 1.29 is 14.3 Å². The van der Waals surface area contributed by atoms with Crippen LogP contribution in [-0.4, -0.2) is 58.5 Å². The highest BCUT2D eigenvalue weighted by Crippen LogP contribution is 2.20. The molecule has 1 N–H and O–H groups in total. The Hall–Kier alpha value is -0.883. The molecule has 0 spiro atoms. The molecule has 0 aliphatic carbocycles. The van der Waals surface area contributed by atoms with Crippen LogP contribution in [0.25, 0.3) is 0 Å².